The van der Waals surface area contributed by atoms with Crippen LogP contribution in [0.3, 0.4) is 0 Å². The van der Waals surface area contributed by atoms with Crippen molar-refractivity contribution in [3.8, 4) is 11.3 Å². The summed E-state index contributed by atoms with van der Waals surface area (Å²) >= 11 is 0. The van der Waals surface area contributed by atoms with Gasteiger partial charge in [-0.1, -0.05) is 0 Å². The van der Waals surface area contributed by atoms with E-state index in [1.807, 2.05) is 27.7 Å². The van der Waals surface area contributed by atoms with Gasteiger partial charge in [-0.05, 0) is 38.0 Å². The van der Waals surface area contributed by atoms with Gasteiger partial charge in [0.25, 0.3) is 0 Å². The highest BCUT2D eigenvalue weighted by atomic mass is 19.1. The first-order chi connectivity index (χ1) is 12.6. The van der Waals surface area contributed by atoms with Gasteiger partial charge in [0.2, 0.25) is 0 Å². The fraction of sp³-hybridized carbons (Fsp3) is 0.263. The fourth-order valence-electron chi connectivity index (χ4n) is 3.76. The third kappa shape index (κ3) is 2.13. The molecular weight excluding hydrogens is 336 g/mol. The van der Waals surface area contributed by atoms with Crippen molar-refractivity contribution in [3.05, 3.63) is 59.4 Å². The zero-order valence-corrected chi connectivity index (χ0v) is 14.3. The summed E-state index contributed by atoms with van der Waals surface area (Å²) in [6.07, 6.45) is 9.47. The minimum atomic E-state index is -0.549. The highest BCUT2D eigenvalue weighted by Crippen LogP contribution is 2.39. The van der Waals surface area contributed by atoms with Crippen molar-refractivity contribution in [3.63, 3.8) is 0 Å². The van der Waals surface area contributed by atoms with Gasteiger partial charge < -0.3 is 9.47 Å². The van der Waals surface area contributed by atoms with Crippen LogP contribution in [-0.4, -0.2) is 19.3 Å². The molecule has 0 N–H and O–H groups in total. The highest BCUT2D eigenvalue weighted by Gasteiger charge is 2.29. The predicted octanol–water partition coefficient (Wildman–Crippen LogP) is 3.73. The number of benzene rings is 1. The van der Waals surface area contributed by atoms with E-state index >= 15 is 0 Å². The van der Waals surface area contributed by atoms with Crippen molar-refractivity contribution in [2.75, 3.05) is 4.90 Å². The molecule has 0 saturated carbocycles. The average Bonchev–Trinajstić information content (AvgIpc) is 3.34. The first-order valence-corrected chi connectivity index (χ1v) is 8.64. The number of hydrogen-bond acceptors (Lipinski definition) is 3. The summed E-state index contributed by atoms with van der Waals surface area (Å²) in [5.74, 6) is -0.205. The molecule has 0 amide bonds. The Morgan fingerprint density at radius 3 is 2.96 bits per heavy atom. The van der Waals surface area contributed by atoms with E-state index in [-0.39, 0.29) is 5.56 Å². The van der Waals surface area contributed by atoms with E-state index in [4.69, 9.17) is 0 Å². The van der Waals surface area contributed by atoms with Crippen LogP contribution in [0.25, 0.3) is 17.3 Å². The molecule has 1 aromatic carbocycles. The summed E-state index contributed by atoms with van der Waals surface area (Å²) in [5.41, 5.74) is 2.91. The number of halogens is 2. The van der Waals surface area contributed by atoms with E-state index in [0.717, 1.165) is 36.6 Å². The smallest absolute Gasteiger partial charge is 0.138 e. The van der Waals surface area contributed by atoms with E-state index < -0.39 is 11.6 Å². The first kappa shape index (κ1) is 15.3. The van der Waals surface area contributed by atoms with Crippen LogP contribution in [0.15, 0.2) is 30.7 Å². The number of aromatic nitrogens is 4. The van der Waals surface area contributed by atoms with Crippen LogP contribution in [0, 0.1) is 18.6 Å². The summed E-state index contributed by atoms with van der Waals surface area (Å²) in [5, 5.41) is 4.67. The second-order valence-electron chi connectivity index (χ2n) is 6.69. The lowest BCUT2D eigenvalue weighted by Crippen LogP contribution is -2.25. The number of fused-ring (bicyclic) bond motifs is 2. The van der Waals surface area contributed by atoms with Crippen LogP contribution in [-0.2, 0) is 19.6 Å². The monoisotopic (exact) mass is 353 g/mol. The van der Waals surface area contributed by atoms with Gasteiger partial charge in [-0.2, -0.15) is 5.10 Å². The maximum atomic E-state index is 14.8. The lowest BCUT2D eigenvalue weighted by Gasteiger charge is -2.26. The molecule has 5 nitrogen and oxygen atoms in total. The second kappa shape index (κ2) is 5.52. The van der Waals surface area contributed by atoms with E-state index in [1.54, 1.807) is 6.20 Å². The van der Waals surface area contributed by atoms with Crippen molar-refractivity contribution in [1.82, 2.24) is 19.3 Å². The van der Waals surface area contributed by atoms with Gasteiger partial charge in [-0.15, -0.1) is 0 Å². The van der Waals surface area contributed by atoms with E-state index in [1.165, 1.54) is 19.1 Å². The number of hydrogen-bond donors (Lipinski definition) is 0. The van der Waals surface area contributed by atoms with Gasteiger partial charge in [0.15, 0.2) is 0 Å². The van der Waals surface area contributed by atoms with Crippen molar-refractivity contribution in [1.29, 1.82) is 0 Å². The molecule has 2 aromatic heterocycles. The van der Waals surface area contributed by atoms with Crippen LogP contribution >= 0.6 is 0 Å². The average molecular weight is 353 g/mol. The Balaban J connectivity index is 1.68. The molecule has 5 rings (SSSR count). The minimum absolute atomic E-state index is 0.0210. The minimum Gasteiger partial charge on any atom is -0.326 e. The van der Waals surface area contributed by atoms with Crippen LogP contribution in [0.5, 0.6) is 0 Å². The summed E-state index contributed by atoms with van der Waals surface area (Å²) in [4.78, 5) is 6.35. The van der Waals surface area contributed by atoms with Crippen LogP contribution < -0.4 is 4.90 Å². The molecule has 0 radical (unpaired) electrons. The van der Waals surface area contributed by atoms with Crippen LogP contribution in [0.4, 0.5) is 14.5 Å². The maximum absolute atomic E-state index is 14.8. The molecule has 0 aliphatic carbocycles. The van der Waals surface area contributed by atoms with Gasteiger partial charge in [-0.25, -0.2) is 13.8 Å². The summed E-state index contributed by atoms with van der Waals surface area (Å²) in [6.45, 7) is 2.85. The Kier molecular flexibility index (Phi) is 3.25. The quantitative estimate of drug-likeness (QED) is 0.705. The Hall–Kier alpha value is -2.96. The van der Waals surface area contributed by atoms with Crippen LogP contribution in [0.1, 0.15) is 23.5 Å². The van der Waals surface area contributed by atoms with Crippen molar-refractivity contribution in [2.45, 2.75) is 33.0 Å². The van der Waals surface area contributed by atoms with Crippen molar-refractivity contribution in [2.24, 2.45) is 0 Å². The molecule has 2 aliphatic rings. The summed E-state index contributed by atoms with van der Waals surface area (Å²) in [7, 11) is 0. The lowest BCUT2D eigenvalue weighted by molar-refractivity contribution is 0.569. The van der Waals surface area contributed by atoms with E-state index in [2.05, 4.69) is 15.0 Å². The van der Waals surface area contributed by atoms with Gasteiger partial charge in [-0.3, -0.25) is 4.68 Å². The predicted molar refractivity (Wildman–Crippen MR) is 94.4 cm³/mol. The largest absolute Gasteiger partial charge is 0.326 e. The molecule has 0 saturated heterocycles. The molecule has 0 fully saturated rings. The molecule has 7 heteroatoms. The zero-order chi connectivity index (χ0) is 17.8. The van der Waals surface area contributed by atoms with E-state index in [9.17, 15) is 8.78 Å². The Bertz CT molecular complexity index is 1050. The number of nitrogens with zero attached hydrogens (tertiary/aromatic N) is 5. The van der Waals surface area contributed by atoms with E-state index in [0.29, 0.717) is 17.9 Å². The van der Waals surface area contributed by atoms with Gasteiger partial charge in [0.05, 0.1) is 11.4 Å². The van der Waals surface area contributed by atoms with Crippen molar-refractivity contribution < 1.29 is 8.78 Å². The maximum Gasteiger partial charge on any atom is 0.138 e. The molecule has 2 aliphatic heterocycles. The standard InChI is InChI=1S/C19H17F2N5/c1-12-14(20)5-4-13(17(12)21)18-19(15-3-2-8-26(15)23-18)25-9-6-16-22-7-10-24(16)11-25/h4-7,9-10H,2-3,8,11H2,1H3. The summed E-state index contributed by atoms with van der Waals surface area (Å²) in [6, 6.07) is 2.79. The summed E-state index contributed by atoms with van der Waals surface area (Å²) < 4.78 is 32.5. The Morgan fingerprint density at radius 2 is 2.08 bits per heavy atom. The number of anilines is 1. The highest BCUT2D eigenvalue weighted by molar-refractivity contribution is 5.80. The van der Waals surface area contributed by atoms with Gasteiger partial charge >= 0.3 is 0 Å². The van der Waals surface area contributed by atoms with Crippen molar-refractivity contribution >= 4 is 11.8 Å². The molecule has 3 aromatic rings. The number of rotatable bonds is 2. The molecule has 0 unspecified atom stereocenters. The third-order valence-electron chi connectivity index (χ3n) is 5.13. The van der Waals surface area contributed by atoms with Gasteiger partial charge in [0, 0.05) is 36.3 Å². The number of imidazole rings is 1. The first-order valence-electron chi connectivity index (χ1n) is 8.64. The normalized spacial score (nSPS) is 15.4. The topological polar surface area (TPSA) is 38.9 Å². The Labute approximate surface area is 149 Å². The molecular formula is C19H17F2N5. The second-order valence-corrected chi connectivity index (χ2v) is 6.69. The molecule has 0 spiro atoms. The van der Waals surface area contributed by atoms with Gasteiger partial charge in [0.1, 0.15) is 29.8 Å². The molecule has 0 bridgehead atoms. The fourth-order valence-corrected chi connectivity index (χ4v) is 3.76. The molecule has 4 heterocycles. The number of aryl methyl sites for hydroxylation is 1. The lowest BCUT2D eigenvalue weighted by atomic mass is 10.0. The molecule has 26 heavy (non-hydrogen) atoms. The third-order valence-corrected chi connectivity index (χ3v) is 5.13. The zero-order valence-electron chi connectivity index (χ0n) is 14.3. The van der Waals surface area contributed by atoms with Crippen LogP contribution in [0.2, 0.25) is 0 Å². The SMILES string of the molecule is Cc1c(F)ccc(-c2nn3c(c2N2C=Cc4nccn4C2)CCC3)c1F. The molecule has 0 atom stereocenters. The Morgan fingerprint density at radius 1 is 1.19 bits per heavy atom. The molecule has 132 valence electrons.